The summed E-state index contributed by atoms with van der Waals surface area (Å²) in [5.41, 5.74) is 5.58. The van der Waals surface area contributed by atoms with Gasteiger partial charge in [0.2, 0.25) is 0 Å². The Balaban J connectivity index is 2.12. The average molecular weight is 203 g/mol. The predicted molar refractivity (Wildman–Crippen MR) is 48.5 cm³/mol. The van der Waals surface area contributed by atoms with Crippen LogP contribution < -0.4 is 5.73 Å². The highest BCUT2D eigenvalue weighted by Gasteiger charge is 2.54. The summed E-state index contributed by atoms with van der Waals surface area (Å²) in [7, 11) is 1.59. The molecule has 0 aromatic carbocycles. The van der Waals surface area contributed by atoms with Crippen molar-refractivity contribution in [3.63, 3.8) is 0 Å². The quantitative estimate of drug-likeness (QED) is 0.675. The first kappa shape index (κ1) is 10.3. The number of rotatable bonds is 2. The second kappa shape index (κ2) is 3.43. The molecule has 0 aliphatic carbocycles. The summed E-state index contributed by atoms with van der Waals surface area (Å²) in [5.74, 6) is -0.566. The first-order valence-electron chi connectivity index (χ1n) is 4.81. The highest BCUT2D eigenvalue weighted by atomic mass is 16.8. The van der Waals surface area contributed by atoms with Crippen LogP contribution in [0.25, 0.3) is 0 Å². The molecule has 0 bridgehead atoms. The van der Waals surface area contributed by atoms with Gasteiger partial charge in [-0.05, 0) is 13.8 Å². The lowest BCUT2D eigenvalue weighted by molar-refractivity contribution is -0.225. The minimum Gasteiger partial charge on any atom is -0.353 e. The zero-order valence-corrected chi connectivity index (χ0v) is 8.73. The van der Waals surface area contributed by atoms with E-state index in [2.05, 4.69) is 0 Å². The molecule has 0 amide bonds. The molecular formula is C9H17NO4. The van der Waals surface area contributed by atoms with Crippen LogP contribution in [-0.4, -0.2) is 44.0 Å². The lowest BCUT2D eigenvalue weighted by Gasteiger charge is -2.22. The minimum absolute atomic E-state index is 0.111. The summed E-state index contributed by atoms with van der Waals surface area (Å²) in [6.45, 7) is 4.18. The molecule has 82 valence electrons. The molecule has 2 fully saturated rings. The molecule has 2 aliphatic heterocycles. The van der Waals surface area contributed by atoms with Crippen molar-refractivity contribution in [2.24, 2.45) is 5.73 Å². The molecular weight excluding hydrogens is 186 g/mol. The molecule has 2 saturated heterocycles. The Labute approximate surface area is 83.4 Å². The van der Waals surface area contributed by atoms with Crippen molar-refractivity contribution in [2.45, 2.75) is 44.2 Å². The number of hydrogen-bond acceptors (Lipinski definition) is 5. The van der Waals surface area contributed by atoms with Crippen LogP contribution in [0.2, 0.25) is 0 Å². The third kappa shape index (κ3) is 1.55. The van der Waals surface area contributed by atoms with Gasteiger partial charge in [-0.15, -0.1) is 0 Å². The van der Waals surface area contributed by atoms with Crippen LogP contribution in [0.1, 0.15) is 13.8 Å². The zero-order chi connectivity index (χ0) is 10.3. The standard InChI is InChI=1S/C9H17NO4/c1-9(2)13-6-5(4-10)12-8(11-3)7(6)14-9/h5-8H,4,10H2,1-3H3/t5-,6-,7-,8?/m1/s1. The number of ether oxygens (including phenoxy) is 4. The molecule has 0 spiro atoms. The van der Waals surface area contributed by atoms with Crippen LogP contribution in [0.15, 0.2) is 0 Å². The fourth-order valence-electron chi connectivity index (χ4n) is 2.02. The van der Waals surface area contributed by atoms with Crippen molar-refractivity contribution in [3.05, 3.63) is 0 Å². The van der Waals surface area contributed by atoms with Crippen molar-refractivity contribution in [1.29, 1.82) is 0 Å². The highest BCUT2D eigenvalue weighted by Crippen LogP contribution is 2.38. The fourth-order valence-corrected chi connectivity index (χ4v) is 2.02. The van der Waals surface area contributed by atoms with Crippen molar-refractivity contribution in [2.75, 3.05) is 13.7 Å². The number of hydrogen-bond donors (Lipinski definition) is 1. The molecule has 0 aromatic heterocycles. The van der Waals surface area contributed by atoms with E-state index in [1.54, 1.807) is 7.11 Å². The summed E-state index contributed by atoms with van der Waals surface area (Å²) < 4.78 is 22.1. The van der Waals surface area contributed by atoms with Crippen LogP contribution in [0.4, 0.5) is 0 Å². The Bertz CT molecular complexity index is 201. The topological polar surface area (TPSA) is 62.9 Å². The monoisotopic (exact) mass is 203 g/mol. The van der Waals surface area contributed by atoms with Gasteiger partial charge in [-0.25, -0.2) is 0 Å². The van der Waals surface area contributed by atoms with Gasteiger partial charge in [-0.2, -0.15) is 0 Å². The van der Waals surface area contributed by atoms with Crippen LogP contribution >= 0.6 is 0 Å². The molecule has 0 aromatic rings. The second-order valence-corrected chi connectivity index (χ2v) is 4.08. The number of nitrogens with two attached hydrogens (primary N) is 1. The molecule has 1 unspecified atom stereocenters. The summed E-state index contributed by atoms with van der Waals surface area (Å²) in [6.07, 6.45) is -0.773. The maximum absolute atomic E-state index is 5.70. The largest absolute Gasteiger partial charge is 0.353 e. The van der Waals surface area contributed by atoms with E-state index in [9.17, 15) is 0 Å². The highest BCUT2D eigenvalue weighted by molar-refractivity contribution is 4.95. The Morgan fingerprint density at radius 2 is 1.93 bits per heavy atom. The van der Waals surface area contributed by atoms with E-state index >= 15 is 0 Å². The molecule has 2 aliphatic rings. The van der Waals surface area contributed by atoms with Crippen LogP contribution in [0, 0.1) is 0 Å². The van der Waals surface area contributed by atoms with E-state index in [1.165, 1.54) is 0 Å². The van der Waals surface area contributed by atoms with Gasteiger partial charge < -0.3 is 24.7 Å². The van der Waals surface area contributed by atoms with Crippen molar-refractivity contribution < 1.29 is 18.9 Å². The Morgan fingerprint density at radius 3 is 2.50 bits per heavy atom. The summed E-state index contributed by atoms with van der Waals surface area (Å²) in [5, 5.41) is 0. The maximum Gasteiger partial charge on any atom is 0.186 e. The van der Waals surface area contributed by atoms with E-state index in [0.717, 1.165) is 0 Å². The van der Waals surface area contributed by atoms with Crippen molar-refractivity contribution in [3.8, 4) is 0 Å². The third-order valence-electron chi connectivity index (χ3n) is 2.57. The van der Waals surface area contributed by atoms with Gasteiger partial charge in [0.1, 0.15) is 18.3 Å². The van der Waals surface area contributed by atoms with E-state index < -0.39 is 5.79 Å². The SMILES string of the molecule is COC1O[C@H](CN)[C@H]2OC(C)(C)O[C@@H]12. The third-order valence-corrected chi connectivity index (χ3v) is 2.57. The van der Waals surface area contributed by atoms with E-state index in [4.69, 9.17) is 24.7 Å². The molecule has 5 nitrogen and oxygen atoms in total. The molecule has 2 heterocycles. The Kier molecular flexibility index (Phi) is 2.53. The van der Waals surface area contributed by atoms with E-state index in [1.807, 2.05) is 13.8 Å². The van der Waals surface area contributed by atoms with Crippen LogP contribution in [0.5, 0.6) is 0 Å². The van der Waals surface area contributed by atoms with Gasteiger partial charge in [0, 0.05) is 13.7 Å². The van der Waals surface area contributed by atoms with Gasteiger partial charge in [0.05, 0.1) is 0 Å². The van der Waals surface area contributed by atoms with Gasteiger partial charge in [-0.3, -0.25) is 0 Å². The second-order valence-electron chi connectivity index (χ2n) is 4.08. The molecule has 4 atom stereocenters. The van der Waals surface area contributed by atoms with Crippen LogP contribution in [0.3, 0.4) is 0 Å². The average Bonchev–Trinajstić information content (AvgIpc) is 2.57. The predicted octanol–water partition coefficient (Wildman–Crippen LogP) is -0.163. The van der Waals surface area contributed by atoms with E-state index in [0.29, 0.717) is 6.54 Å². The first-order chi connectivity index (χ1) is 6.57. The summed E-state index contributed by atoms with van der Waals surface area (Å²) in [4.78, 5) is 0. The summed E-state index contributed by atoms with van der Waals surface area (Å²) >= 11 is 0. The van der Waals surface area contributed by atoms with Gasteiger partial charge in [0.15, 0.2) is 12.1 Å². The summed E-state index contributed by atoms with van der Waals surface area (Å²) in [6, 6.07) is 0. The van der Waals surface area contributed by atoms with Gasteiger partial charge in [-0.1, -0.05) is 0 Å². The van der Waals surface area contributed by atoms with Crippen molar-refractivity contribution >= 4 is 0 Å². The van der Waals surface area contributed by atoms with Crippen molar-refractivity contribution in [1.82, 2.24) is 0 Å². The lowest BCUT2D eigenvalue weighted by Crippen LogP contribution is -2.34. The molecule has 0 radical (unpaired) electrons. The normalized spacial score (nSPS) is 45.4. The first-order valence-corrected chi connectivity index (χ1v) is 4.81. The maximum atomic E-state index is 5.70. The minimum atomic E-state index is -0.566. The van der Waals surface area contributed by atoms with Gasteiger partial charge >= 0.3 is 0 Å². The lowest BCUT2D eigenvalue weighted by atomic mass is 10.1. The molecule has 14 heavy (non-hydrogen) atoms. The smallest absolute Gasteiger partial charge is 0.186 e. The molecule has 5 heteroatoms. The molecule has 0 saturated carbocycles. The Hall–Kier alpha value is -0.200. The zero-order valence-electron chi connectivity index (χ0n) is 8.73. The van der Waals surface area contributed by atoms with Crippen LogP contribution in [-0.2, 0) is 18.9 Å². The molecule has 2 N–H and O–H groups in total. The number of fused-ring (bicyclic) bond motifs is 1. The number of methoxy groups -OCH3 is 1. The molecule has 2 rings (SSSR count). The van der Waals surface area contributed by atoms with E-state index in [-0.39, 0.29) is 24.6 Å². The van der Waals surface area contributed by atoms with Gasteiger partial charge in [0.25, 0.3) is 0 Å². The Morgan fingerprint density at radius 1 is 1.29 bits per heavy atom. The fraction of sp³-hybridized carbons (Fsp3) is 1.00.